The number of nitrogens with one attached hydrogen (secondary N) is 1. The molecule has 0 bridgehead atoms. The molecule has 0 amide bonds. The highest BCUT2D eigenvalue weighted by Gasteiger charge is 2.47. The molecule has 1 aromatic carbocycles. The summed E-state index contributed by atoms with van der Waals surface area (Å²) in [6.45, 7) is 4.17. The average molecular weight is 350 g/mol. The van der Waals surface area contributed by atoms with Crippen LogP contribution in [0.3, 0.4) is 0 Å². The van der Waals surface area contributed by atoms with Crippen LogP contribution in [0.1, 0.15) is 49.4 Å². The molecule has 1 aliphatic carbocycles. The Morgan fingerprint density at radius 2 is 2.24 bits per heavy atom. The monoisotopic (exact) mass is 349 g/mol. The number of carbonyl (C=O) groups is 1. The molecule has 3 nitrogen and oxygen atoms in total. The van der Waals surface area contributed by atoms with Gasteiger partial charge in [0.1, 0.15) is 5.41 Å². The van der Waals surface area contributed by atoms with Gasteiger partial charge in [0.25, 0.3) is 0 Å². The first-order chi connectivity index (χ1) is 10.0. The van der Waals surface area contributed by atoms with Gasteiger partial charge >= 0.3 is 5.97 Å². The van der Waals surface area contributed by atoms with Gasteiger partial charge in [-0.15, -0.1) is 0 Å². The molecule has 0 saturated heterocycles. The first-order valence-corrected chi connectivity index (χ1v) is 8.34. The van der Waals surface area contributed by atoms with Crippen LogP contribution < -0.4 is 0 Å². The molecule has 0 spiro atoms. The van der Waals surface area contributed by atoms with E-state index in [4.69, 9.17) is 0 Å². The number of carboxylic acid groups (broad SMARTS) is 1. The molecule has 1 unspecified atom stereocenters. The fraction of sp³-hybridized carbons (Fsp3) is 0.471. The van der Waals surface area contributed by atoms with Crippen LogP contribution in [0.5, 0.6) is 0 Å². The largest absolute Gasteiger partial charge is 0.481 e. The Balaban J connectivity index is 2.24. The maximum absolute atomic E-state index is 12.0. The number of H-pyrrole nitrogens is 1. The van der Waals surface area contributed by atoms with Gasteiger partial charge in [0, 0.05) is 21.1 Å². The number of hydrogen-bond acceptors (Lipinski definition) is 1. The number of hydrogen-bond donors (Lipinski definition) is 2. The molecule has 0 aliphatic heterocycles. The first-order valence-electron chi connectivity index (χ1n) is 7.55. The number of aryl methyl sites for hydroxylation is 2. The quantitative estimate of drug-likeness (QED) is 0.840. The zero-order valence-electron chi connectivity index (χ0n) is 12.4. The minimum Gasteiger partial charge on any atom is -0.481 e. The summed E-state index contributed by atoms with van der Waals surface area (Å²) in [5.41, 5.74) is 3.65. The molecule has 21 heavy (non-hydrogen) atoms. The average Bonchev–Trinajstić information content (AvgIpc) is 2.99. The molecule has 1 aliphatic rings. The summed E-state index contributed by atoms with van der Waals surface area (Å²) in [5, 5.41) is 11.0. The third kappa shape index (κ3) is 2.03. The SMILES string of the molecule is CCCCC1(C(=O)O)CCc2c1[nH]c1c(C)ccc(Br)c21. The summed E-state index contributed by atoms with van der Waals surface area (Å²) >= 11 is 3.62. The van der Waals surface area contributed by atoms with Gasteiger partial charge in [-0.1, -0.05) is 41.8 Å². The molecule has 4 heteroatoms. The zero-order valence-corrected chi connectivity index (χ0v) is 14.0. The van der Waals surface area contributed by atoms with Crippen LogP contribution in [0.4, 0.5) is 0 Å². The van der Waals surface area contributed by atoms with Gasteiger partial charge in [0.15, 0.2) is 0 Å². The van der Waals surface area contributed by atoms with Crippen molar-refractivity contribution in [3.63, 3.8) is 0 Å². The fourth-order valence-corrected chi connectivity index (χ4v) is 4.20. The molecule has 0 saturated carbocycles. The zero-order chi connectivity index (χ0) is 15.2. The lowest BCUT2D eigenvalue weighted by Gasteiger charge is -2.24. The topological polar surface area (TPSA) is 53.1 Å². The van der Waals surface area contributed by atoms with Crippen molar-refractivity contribution in [1.82, 2.24) is 4.98 Å². The van der Waals surface area contributed by atoms with Crippen molar-refractivity contribution in [2.24, 2.45) is 0 Å². The molecular formula is C17H20BrNO2. The predicted molar refractivity (Wildman–Crippen MR) is 87.9 cm³/mol. The Hall–Kier alpha value is -1.29. The molecule has 1 heterocycles. The van der Waals surface area contributed by atoms with Gasteiger partial charge in [-0.25, -0.2) is 0 Å². The van der Waals surface area contributed by atoms with E-state index in [1.54, 1.807) is 0 Å². The van der Waals surface area contributed by atoms with E-state index in [-0.39, 0.29) is 0 Å². The number of carboxylic acids is 1. The first kappa shape index (κ1) is 14.6. The molecular weight excluding hydrogens is 330 g/mol. The molecule has 0 radical (unpaired) electrons. The van der Waals surface area contributed by atoms with Crippen LogP contribution >= 0.6 is 15.9 Å². The highest BCUT2D eigenvalue weighted by atomic mass is 79.9. The van der Waals surface area contributed by atoms with E-state index in [1.807, 2.05) is 0 Å². The number of aromatic amines is 1. The van der Waals surface area contributed by atoms with E-state index >= 15 is 0 Å². The predicted octanol–water partition coefficient (Wildman–Crippen LogP) is 4.70. The van der Waals surface area contributed by atoms with Gasteiger partial charge in [0.2, 0.25) is 0 Å². The van der Waals surface area contributed by atoms with Crippen molar-refractivity contribution in [2.45, 2.75) is 51.4 Å². The summed E-state index contributed by atoms with van der Waals surface area (Å²) in [7, 11) is 0. The summed E-state index contributed by atoms with van der Waals surface area (Å²) in [5.74, 6) is -0.685. The second-order valence-electron chi connectivity index (χ2n) is 6.08. The summed E-state index contributed by atoms with van der Waals surface area (Å²) in [4.78, 5) is 15.5. The lowest BCUT2D eigenvalue weighted by Crippen LogP contribution is -2.34. The minimum atomic E-state index is -0.726. The van der Waals surface area contributed by atoms with Crippen LogP contribution in [0.2, 0.25) is 0 Å². The Kier molecular flexibility index (Phi) is 3.60. The standard InChI is InChI=1S/C17H20BrNO2/c1-3-4-8-17(16(20)21)9-7-11-13-12(18)6-5-10(2)14(13)19-15(11)17/h5-6,19H,3-4,7-9H2,1-2H3,(H,20,21). The second-order valence-corrected chi connectivity index (χ2v) is 6.94. The van der Waals surface area contributed by atoms with Gasteiger partial charge < -0.3 is 10.1 Å². The Labute approximate surface area is 132 Å². The highest BCUT2D eigenvalue weighted by Crippen LogP contribution is 2.47. The second kappa shape index (κ2) is 5.16. The van der Waals surface area contributed by atoms with E-state index in [2.05, 4.69) is 46.9 Å². The van der Waals surface area contributed by atoms with Crippen LogP contribution in [-0.4, -0.2) is 16.1 Å². The van der Waals surface area contributed by atoms with Crippen molar-refractivity contribution < 1.29 is 9.90 Å². The normalized spacial score (nSPS) is 20.9. The van der Waals surface area contributed by atoms with Crippen molar-refractivity contribution in [3.05, 3.63) is 33.4 Å². The number of fused-ring (bicyclic) bond motifs is 3. The van der Waals surface area contributed by atoms with Crippen molar-refractivity contribution in [2.75, 3.05) is 0 Å². The summed E-state index contributed by atoms with van der Waals surface area (Å²) in [6.07, 6.45) is 4.23. The van der Waals surface area contributed by atoms with Gasteiger partial charge in [-0.2, -0.15) is 0 Å². The molecule has 2 aromatic rings. The maximum Gasteiger partial charge on any atom is 0.315 e. The van der Waals surface area contributed by atoms with Gasteiger partial charge in [-0.3, -0.25) is 4.79 Å². The molecule has 0 fully saturated rings. The minimum absolute atomic E-state index is 0.685. The van der Waals surface area contributed by atoms with Crippen LogP contribution in [0.15, 0.2) is 16.6 Å². The molecule has 1 aromatic heterocycles. The van der Waals surface area contributed by atoms with Crippen molar-refractivity contribution in [1.29, 1.82) is 0 Å². The molecule has 1 atom stereocenters. The van der Waals surface area contributed by atoms with E-state index in [0.29, 0.717) is 6.42 Å². The number of aromatic nitrogens is 1. The highest BCUT2D eigenvalue weighted by molar-refractivity contribution is 9.10. The van der Waals surface area contributed by atoms with E-state index < -0.39 is 11.4 Å². The van der Waals surface area contributed by atoms with E-state index in [9.17, 15) is 9.90 Å². The van der Waals surface area contributed by atoms with Gasteiger partial charge in [0.05, 0.1) is 0 Å². The Morgan fingerprint density at radius 3 is 2.90 bits per heavy atom. The lowest BCUT2D eigenvalue weighted by atomic mass is 9.80. The number of halogens is 1. The smallest absolute Gasteiger partial charge is 0.315 e. The number of rotatable bonds is 4. The summed E-state index contributed by atoms with van der Waals surface area (Å²) < 4.78 is 1.05. The molecule has 2 N–H and O–H groups in total. The summed E-state index contributed by atoms with van der Waals surface area (Å²) in [6, 6.07) is 4.12. The Bertz CT molecular complexity index is 719. The lowest BCUT2D eigenvalue weighted by molar-refractivity contribution is -0.144. The van der Waals surface area contributed by atoms with Crippen LogP contribution in [0.25, 0.3) is 10.9 Å². The molecule has 3 rings (SSSR count). The van der Waals surface area contributed by atoms with Crippen LogP contribution in [-0.2, 0) is 16.6 Å². The third-order valence-corrected chi connectivity index (χ3v) is 5.52. The van der Waals surface area contributed by atoms with E-state index in [0.717, 1.165) is 46.9 Å². The van der Waals surface area contributed by atoms with Gasteiger partial charge in [-0.05, 0) is 43.4 Å². The fourth-order valence-electron chi connectivity index (χ4n) is 3.63. The third-order valence-electron chi connectivity index (χ3n) is 4.86. The number of aliphatic carboxylic acids is 1. The number of unbranched alkanes of at least 4 members (excludes halogenated alkanes) is 1. The maximum atomic E-state index is 12.0. The number of benzene rings is 1. The van der Waals surface area contributed by atoms with Crippen molar-refractivity contribution >= 4 is 32.8 Å². The van der Waals surface area contributed by atoms with E-state index in [1.165, 1.54) is 10.9 Å². The van der Waals surface area contributed by atoms with Crippen molar-refractivity contribution in [3.8, 4) is 0 Å². The molecule has 112 valence electrons. The van der Waals surface area contributed by atoms with Crippen LogP contribution in [0, 0.1) is 6.92 Å². The Morgan fingerprint density at radius 1 is 1.48 bits per heavy atom.